The monoisotopic (exact) mass is 276 g/mol. The quantitative estimate of drug-likeness (QED) is 0.912. The highest BCUT2D eigenvalue weighted by Crippen LogP contribution is 2.26. The Morgan fingerprint density at radius 1 is 1.42 bits per heavy atom. The number of hydrogen-bond acceptors (Lipinski definition) is 5. The third-order valence-corrected chi connectivity index (χ3v) is 4.17. The lowest BCUT2D eigenvalue weighted by Gasteiger charge is -2.19. The maximum absolute atomic E-state index is 5.88. The van der Waals surface area contributed by atoms with Gasteiger partial charge in [0.1, 0.15) is 0 Å². The molecule has 0 amide bonds. The first-order chi connectivity index (χ1) is 9.10. The molecule has 0 fully saturated rings. The molecule has 0 aliphatic carbocycles. The summed E-state index contributed by atoms with van der Waals surface area (Å²) in [6.45, 7) is 7.81. The molecular formula is C14H20N4S. The minimum Gasteiger partial charge on any atom is -0.342 e. The molecule has 2 N–H and O–H groups in total. The zero-order chi connectivity index (χ0) is 13.8. The predicted molar refractivity (Wildman–Crippen MR) is 80.4 cm³/mol. The molecule has 0 saturated heterocycles. The Kier molecular flexibility index (Phi) is 4.50. The predicted octanol–water partition coefficient (Wildman–Crippen LogP) is 2.89. The number of hydrogen-bond donors (Lipinski definition) is 1. The summed E-state index contributed by atoms with van der Waals surface area (Å²) in [5.74, 6) is 0. The molecule has 1 atom stereocenters. The average Bonchev–Trinajstić information content (AvgIpc) is 2.85. The Hall–Kier alpha value is -1.46. The van der Waals surface area contributed by atoms with Crippen LogP contribution in [-0.4, -0.2) is 16.5 Å². The van der Waals surface area contributed by atoms with E-state index in [4.69, 9.17) is 5.73 Å². The van der Waals surface area contributed by atoms with E-state index in [0.717, 1.165) is 34.5 Å². The van der Waals surface area contributed by atoms with Gasteiger partial charge < -0.3 is 10.6 Å². The summed E-state index contributed by atoms with van der Waals surface area (Å²) in [4.78, 5) is 12.3. The Labute approximate surface area is 118 Å². The van der Waals surface area contributed by atoms with Crippen LogP contribution in [0.4, 0.5) is 5.13 Å². The first-order valence-corrected chi connectivity index (χ1v) is 7.30. The lowest BCUT2D eigenvalue weighted by atomic mass is 10.3. The Morgan fingerprint density at radius 2 is 2.21 bits per heavy atom. The zero-order valence-electron chi connectivity index (χ0n) is 11.6. The van der Waals surface area contributed by atoms with E-state index in [2.05, 4.69) is 27.9 Å². The molecule has 2 heterocycles. The van der Waals surface area contributed by atoms with Crippen LogP contribution in [-0.2, 0) is 6.54 Å². The number of aryl methyl sites for hydroxylation is 1. The molecule has 0 radical (unpaired) electrons. The van der Waals surface area contributed by atoms with Crippen molar-refractivity contribution in [3.05, 3.63) is 40.7 Å². The molecule has 0 spiro atoms. The van der Waals surface area contributed by atoms with Gasteiger partial charge in [-0.15, -0.1) is 11.3 Å². The van der Waals surface area contributed by atoms with Crippen molar-refractivity contribution in [2.45, 2.75) is 33.4 Å². The number of nitrogens with zero attached hydrogens (tertiary/aromatic N) is 3. The SMILES string of the molecule is CCN(Cc1cccc(C)n1)c1ncc(C(C)N)s1. The molecule has 0 aromatic carbocycles. The first-order valence-electron chi connectivity index (χ1n) is 6.49. The summed E-state index contributed by atoms with van der Waals surface area (Å²) >= 11 is 1.66. The second kappa shape index (κ2) is 6.12. The Balaban J connectivity index is 2.15. The van der Waals surface area contributed by atoms with Gasteiger partial charge in [0.05, 0.1) is 12.2 Å². The van der Waals surface area contributed by atoms with Gasteiger partial charge in [-0.1, -0.05) is 6.07 Å². The van der Waals surface area contributed by atoms with Gasteiger partial charge in [0.15, 0.2) is 5.13 Å². The Bertz CT molecular complexity index is 536. The molecule has 4 nitrogen and oxygen atoms in total. The third-order valence-electron chi connectivity index (χ3n) is 2.91. The topological polar surface area (TPSA) is 55.0 Å². The number of rotatable bonds is 5. The van der Waals surface area contributed by atoms with E-state index in [1.807, 2.05) is 32.2 Å². The van der Waals surface area contributed by atoms with Crippen molar-refractivity contribution in [3.8, 4) is 0 Å². The second-order valence-electron chi connectivity index (χ2n) is 4.62. The number of aromatic nitrogens is 2. The lowest BCUT2D eigenvalue weighted by Crippen LogP contribution is -2.22. The number of anilines is 1. The summed E-state index contributed by atoms with van der Waals surface area (Å²) in [6.07, 6.45) is 1.87. The van der Waals surface area contributed by atoms with Gasteiger partial charge >= 0.3 is 0 Å². The minimum absolute atomic E-state index is 0.0436. The van der Waals surface area contributed by atoms with E-state index in [9.17, 15) is 0 Å². The molecule has 19 heavy (non-hydrogen) atoms. The number of pyridine rings is 1. The van der Waals surface area contributed by atoms with Gasteiger partial charge in [-0.3, -0.25) is 4.98 Å². The fraction of sp³-hybridized carbons (Fsp3) is 0.429. The van der Waals surface area contributed by atoms with Crippen molar-refractivity contribution in [2.24, 2.45) is 5.73 Å². The highest BCUT2D eigenvalue weighted by molar-refractivity contribution is 7.15. The van der Waals surface area contributed by atoms with Crippen LogP contribution in [0.15, 0.2) is 24.4 Å². The molecule has 102 valence electrons. The molecule has 2 aromatic rings. The molecule has 0 aliphatic rings. The van der Waals surface area contributed by atoms with E-state index < -0.39 is 0 Å². The van der Waals surface area contributed by atoms with Crippen LogP contribution in [0.3, 0.4) is 0 Å². The average molecular weight is 276 g/mol. The van der Waals surface area contributed by atoms with Gasteiger partial charge in [-0.2, -0.15) is 0 Å². The summed E-state index contributed by atoms with van der Waals surface area (Å²) in [5.41, 5.74) is 7.99. The largest absolute Gasteiger partial charge is 0.342 e. The second-order valence-corrected chi connectivity index (χ2v) is 5.66. The lowest BCUT2D eigenvalue weighted by molar-refractivity contribution is 0.800. The maximum Gasteiger partial charge on any atom is 0.185 e. The van der Waals surface area contributed by atoms with E-state index in [0.29, 0.717) is 0 Å². The number of nitrogens with two attached hydrogens (primary N) is 1. The fourth-order valence-corrected chi connectivity index (χ4v) is 2.76. The molecule has 2 aromatic heterocycles. The van der Waals surface area contributed by atoms with Crippen molar-refractivity contribution in [3.63, 3.8) is 0 Å². The fourth-order valence-electron chi connectivity index (χ4n) is 1.83. The highest BCUT2D eigenvalue weighted by atomic mass is 32.1. The van der Waals surface area contributed by atoms with E-state index >= 15 is 0 Å². The maximum atomic E-state index is 5.88. The van der Waals surface area contributed by atoms with Crippen molar-refractivity contribution >= 4 is 16.5 Å². The van der Waals surface area contributed by atoms with Crippen molar-refractivity contribution < 1.29 is 0 Å². The normalized spacial score (nSPS) is 12.4. The van der Waals surface area contributed by atoms with Crippen LogP contribution in [0.1, 0.15) is 36.2 Å². The van der Waals surface area contributed by atoms with Crippen molar-refractivity contribution in [1.82, 2.24) is 9.97 Å². The molecule has 1 unspecified atom stereocenters. The summed E-state index contributed by atoms with van der Waals surface area (Å²) in [6, 6.07) is 6.15. The molecule has 5 heteroatoms. The highest BCUT2D eigenvalue weighted by Gasteiger charge is 2.12. The van der Waals surface area contributed by atoms with Crippen molar-refractivity contribution in [2.75, 3.05) is 11.4 Å². The minimum atomic E-state index is 0.0436. The van der Waals surface area contributed by atoms with Crippen LogP contribution >= 0.6 is 11.3 Å². The molecule has 0 aliphatic heterocycles. The molecule has 0 bridgehead atoms. The molecule has 0 saturated carbocycles. The van der Waals surface area contributed by atoms with Crippen molar-refractivity contribution in [1.29, 1.82) is 0 Å². The van der Waals surface area contributed by atoms with E-state index in [1.165, 1.54) is 0 Å². The van der Waals surface area contributed by atoms with Crippen LogP contribution < -0.4 is 10.6 Å². The standard InChI is InChI=1S/C14H20N4S/c1-4-18(9-12-7-5-6-10(2)17-12)14-16-8-13(19-14)11(3)15/h5-8,11H,4,9,15H2,1-3H3. The van der Waals surface area contributed by atoms with Crippen LogP contribution in [0.2, 0.25) is 0 Å². The molecule has 2 rings (SSSR count). The van der Waals surface area contributed by atoms with Gasteiger partial charge in [0.25, 0.3) is 0 Å². The first kappa shape index (κ1) is 14.0. The zero-order valence-corrected chi connectivity index (χ0v) is 12.4. The van der Waals surface area contributed by atoms with Gasteiger partial charge in [-0.25, -0.2) is 4.98 Å². The number of thiazole rings is 1. The summed E-state index contributed by atoms with van der Waals surface area (Å²) < 4.78 is 0. The smallest absolute Gasteiger partial charge is 0.185 e. The van der Waals surface area contributed by atoms with Gasteiger partial charge in [0.2, 0.25) is 0 Å². The molecular weight excluding hydrogens is 256 g/mol. The van der Waals surface area contributed by atoms with Gasteiger partial charge in [-0.05, 0) is 32.9 Å². The third kappa shape index (κ3) is 3.52. The van der Waals surface area contributed by atoms with E-state index in [-0.39, 0.29) is 6.04 Å². The van der Waals surface area contributed by atoms with Gasteiger partial charge in [0, 0.05) is 29.4 Å². The summed E-state index contributed by atoms with van der Waals surface area (Å²) in [5, 5.41) is 1.01. The Morgan fingerprint density at radius 3 is 2.79 bits per heavy atom. The van der Waals surface area contributed by atoms with Crippen LogP contribution in [0.25, 0.3) is 0 Å². The van der Waals surface area contributed by atoms with Crippen LogP contribution in [0, 0.1) is 6.92 Å². The van der Waals surface area contributed by atoms with E-state index in [1.54, 1.807) is 11.3 Å². The summed E-state index contributed by atoms with van der Waals surface area (Å²) in [7, 11) is 0. The van der Waals surface area contributed by atoms with Crippen LogP contribution in [0.5, 0.6) is 0 Å².